The molecule has 0 heterocycles. The van der Waals surface area contributed by atoms with E-state index in [1.165, 1.54) is 0 Å². The maximum Gasteiger partial charge on any atom is 0.122 e. The number of hydrogen-bond donors (Lipinski definition) is 1. The number of hydrogen-bond acceptors (Lipinski definition) is 3. The second-order valence-electron chi connectivity index (χ2n) is 4.65. The SMILES string of the molecule is COc1ccccc1CC(O)C1(OC)CCC1. The smallest absolute Gasteiger partial charge is 0.122 e. The highest BCUT2D eigenvalue weighted by molar-refractivity contribution is 5.34. The molecule has 1 aromatic carbocycles. The monoisotopic (exact) mass is 236 g/mol. The first-order chi connectivity index (χ1) is 8.22. The lowest BCUT2D eigenvalue weighted by Gasteiger charge is -2.44. The zero-order chi connectivity index (χ0) is 12.3. The van der Waals surface area contributed by atoms with Gasteiger partial charge in [0.2, 0.25) is 0 Å². The molecule has 0 bridgehead atoms. The quantitative estimate of drug-likeness (QED) is 0.851. The van der Waals surface area contributed by atoms with Crippen LogP contribution in [0.3, 0.4) is 0 Å². The summed E-state index contributed by atoms with van der Waals surface area (Å²) in [6.45, 7) is 0. The van der Waals surface area contributed by atoms with Gasteiger partial charge in [-0.2, -0.15) is 0 Å². The Morgan fingerprint density at radius 2 is 2.00 bits per heavy atom. The highest BCUT2D eigenvalue weighted by atomic mass is 16.5. The molecule has 0 radical (unpaired) electrons. The predicted octanol–water partition coefficient (Wildman–Crippen LogP) is 2.17. The normalized spacial score (nSPS) is 19.5. The third-order valence-electron chi connectivity index (χ3n) is 3.82. The first kappa shape index (κ1) is 12.4. The van der Waals surface area contributed by atoms with Crippen LogP contribution < -0.4 is 4.74 Å². The Morgan fingerprint density at radius 1 is 1.29 bits per heavy atom. The molecule has 3 nitrogen and oxygen atoms in total. The molecular weight excluding hydrogens is 216 g/mol. The van der Waals surface area contributed by atoms with Gasteiger partial charge in [-0.05, 0) is 30.9 Å². The molecule has 1 atom stereocenters. The minimum atomic E-state index is -0.461. The van der Waals surface area contributed by atoms with E-state index < -0.39 is 6.10 Å². The molecule has 0 saturated heterocycles. The molecule has 2 rings (SSSR count). The van der Waals surface area contributed by atoms with Crippen LogP contribution in [-0.4, -0.2) is 31.0 Å². The number of methoxy groups -OCH3 is 2. The maximum absolute atomic E-state index is 10.3. The van der Waals surface area contributed by atoms with Crippen molar-refractivity contribution in [3.63, 3.8) is 0 Å². The number of rotatable bonds is 5. The van der Waals surface area contributed by atoms with Crippen molar-refractivity contribution in [1.29, 1.82) is 0 Å². The van der Waals surface area contributed by atoms with E-state index >= 15 is 0 Å². The number of para-hydroxylation sites is 1. The molecule has 94 valence electrons. The second kappa shape index (κ2) is 5.07. The minimum absolute atomic E-state index is 0.332. The van der Waals surface area contributed by atoms with Crippen molar-refractivity contribution in [2.24, 2.45) is 0 Å². The summed E-state index contributed by atoms with van der Waals surface area (Å²) >= 11 is 0. The van der Waals surface area contributed by atoms with Gasteiger partial charge in [-0.15, -0.1) is 0 Å². The summed E-state index contributed by atoms with van der Waals surface area (Å²) < 4.78 is 10.8. The zero-order valence-corrected chi connectivity index (χ0v) is 10.5. The van der Waals surface area contributed by atoms with Gasteiger partial charge in [0.25, 0.3) is 0 Å². The summed E-state index contributed by atoms with van der Waals surface area (Å²) in [4.78, 5) is 0. The van der Waals surface area contributed by atoms with Gasteiger partial charge in [0.15, 0.2) is 0 Å². The van der Waals surface area contributed by atoms with Crippen molar-refractivity contribution in [2.75, 3.05) is 14.2 Å². The molecule has 1 aliphatic rings. The average Bonchev–Trinajstić information content (AvgIpc) is 2.29. The Labute approximate surface area is 102 Å². The number of aliphatic hydroxyl groups is 1. The molecule has 1 aliphatic carbocycles. The lowest BCUT2D eigenvalue weighted by molar-refractivity contribution is -0.148. The summed E-state index contributed by atoms with van der Waals surface area (Å²) in [5.41, 5.74) is 0.701. The van der Waals surface area contributed by atoms with Crippen LogP contribution >= 0.6 is 0 Å². The molecule has 17 heavy (non-hydrogen) atoms. The Kier molecular flexibility index (Phi) is 3.69. The topological polar surface area (TPSA) is 38.7 Å². The Morgan fingerprint density at radius 3 is 2.53 bits per heavy atom. The maximum atomic E-state index is 10.3. The van der Waals surface area contributed by atoms with Gasteiger partial charge in [0.05, 0.1) is 18.8 Å². The molecule has 3 heteroatoms. The van der Waals surface area contributed by atoms with Crippen molar-refractivity contribution in [3.8, 4) is 5.75 Å². The predicted molar refractivity (Wildman–Crippen MR) is 66.3 cm³/mol. The van der Waals surface area contributed by atoms with Crippen LogP contribution in [0.1, 0.15) is 24.8 Å². The Balaban J connectivity index is 2.09. The van der Waals surface area contributed by atoms with Crippen molar-refractivity contribution in [3.05, 3.63) is 29.8 Å². The number of ether oxygens (including phenoxy) is 2. The molecule has 1 saturated carbocycles. The first-order valence-electron chi connectivity index (χ1n) is 6.07. The van der Waals surface area contributed by atoms with Crippen molar-refractivity contribution in [2.45, 2.75) is 37.4 Å². The largest absolute Gasteiger partial charge is 0.496 e. The summed E-state index contributed by atoms with van der Waals surface area (Å²) in [7, 11) is 3.34. The van der Waals surface area contributed by atoms with Gasteiger partial charge < -0.3 is 14.6 Å². The molecule has 1 N–H and O–H groups in total. The van der Waals surface area contributed by atoms with Gasteiger partial charge in [-0.1, -0.05) is 18.2 Å². The van der Waals surface area contributed by atoms with Crippen LogP contribution in [0.5, 0.6) is 5.75 Å². The van der Waals surface area contributed by atoms with Crippen molar-refractivity contribution in [1.82, 2.24) is 0 Å². The van der Waals surface area contributed by atoms with Crippen molar-refractivity contribution >= 4 is 0 Å². The molecule has 1 aromatic rings. The van der Waals surface area contributed by atoms with Crippen LogP contribution in [0, 0.1) is 0 Å². The summed E-state index contributed by atoms with van der Waals surface area (Å²) in [5.74, 6) is 0.831. The minimum Gasteiger partial charge on any atom is -0.496 e. The van der Waals surface area contributed by atoms with Crippen LogP contribution in [-0.2, 0) is 11.2 Å². The summed E-state index contributed by atoms with van der Waals surface area (Å²) in [6.07, 6.45) is 3.14. The van der Waals surface area contributed by atoms with Crippen LogP contribution in [0.2, 0.25) is 0 Å². The van der Waals surface area contributed by atoms with E-state index in [4.69, 9.17) is 9.47 Å². The van der Waals surface area contributed by atoms with Gasteiger partial charge in [0, 0.05) is 13.5 Å². The van der Waals surface area contributed by atoms with E-state index in [1.54, 1.807) is 14.2 Å². The Bertz CT molecular complexity index is 366. The summed E-state index contributed by atoms with van der Waals surface area (Å²) in [5, 5.41) is 10.3. The van der Waals surface area contributed by atoms with Gasteiger partial charge in [-0.25, -0.2) is 0 Å². The van der Waals surface area contributed by atoms with Crippen LogP contribution in [0.15, 0.2) is 24.3 Å². The third kappa shape index (κ3) is 2.31. The number of aliphatic hydroxyl groups excluding tert-OH is 1. The van der Waals surface area contributed by atoms with E-state index in [9.17, 15) is 5.11 Å². The molecule has 0 amide bonds. The molecule has 0 aromatic heterocycles. The molecular formula is C14H20O3. The lowest BCUT2D eigenvalue weighted by atomic mass is 9.74. The lowest BCUT2D eigenvalue weighted by Crippen LogP contribution is -2.50. The van der Waals surface area contributed by atoms with E-state index in [0.29, 0.717) is 6.42 Å². The molecule has 1 unspecified atom stereocenters. The molecule has 0 aliphatic heterocycles. The third-order valence-corrected chi connectivity index (χ3v) is 3.82. The van der Waals surface area contributed by atoms with Gasteiger partial charge >= 0.3 is 0 Å². The molecule has 1 fully saturated rings. The summed E-state index contributed by atoms with van der Waals surface area (Å²) in [6, 6.07) is 7.81. The van der Waals surface area contributed by atoms with Gasteiger partial charge in [-0.3, -0.25) is 0 Å². The van der Waals surface area contributed by atoms with Crippen molar-refractivity contribution < 1.29 is 14.6 Å². The van der Waals surface area contributed by atoms with E-state index in [0.717, 1.165) is 30.6 Å². The second-order valence-corrected chi connectivity index (χ2v) is 4.65. The van der Waals surface area contributed by atoms with E-state index in [2.05, 4.69) is 0 Å². The van der Waals surface area contributed by atoms with Crippen LogP contribution in [0.25, 0.3) is 0 Å². The Hall–Kier alpha value is -1.06. The first-order valence-corrected chi connectivity index (χ1v) is 6.07. The molecule has 0 spiro atoms. The highest BCUT2D eigenvalue weighted by Gasteiger charge is 2.43. The van der Waals surface area contributed by atoms with E-state index in [-0.39, 0.29) is 5.60 Å². The van der Waals surface area contributed by atoms with Gasteiger partial charge in [0.1, 0.15) is 5.75 Å². The standard InChI is InChI=1S/C14H20O3/c1-16-12-7-4-3-6-11(12)10-13(15)14(17-2)8-5-9-14/h3-4,6-7,13,15H,5,8-10H2,1-2H3. The highest BCUT2D eigenvalue weighted by Crippen LogP contribution is 2.39. The fourth-order valence-electron chi connectivity index (χ4n) is 2.46. The van der Waals surface area contributed by atoms with E-state index in [1.807, 2.05) is 24.3 Å². The fourth-order valence-corrected chi connectivity index (χ4v) is 2.46. The zero-order valence-electron chi connectivity index (χ0n) is 10.5. The van der Waals surface area contributed by atoms with Crippen LogP contribution in [0.4, 0.5) is 0 Å². The average molecular weight is 236 g/mol. The number of benzene rings is 1. The fraction of sp³-hybridized carbons (Fsp3) is 0.571.